The van der Waals surface area contributed by atoms with Gasteiger partial charge in [0.25, 0.3) is 10.2 Å². The van der Waals surface area contributed by atoms with Gasteiger partial charge >= 0.3 is 0 Å². The van der Waals surface area contributed by atoms with Crippen molar-refractivity contribution in [2.45, 2.75) is 45.7 Å². The van der Waals surface area contributed by atoms with Crippen LogP contribution in [0.15, 0.2) is 0 Å². The van der Waals surface area contributed by atoms with Crippen molar-refractivity contribution >= 4 is 10.2 Å². The summed E-state index contributed by atoms with van der Waals surface area (Å²) in [6, 6.07) is -0.0696. The molecule has 0 bridgehead atoms. The van der Waals surface area contributed by atoms with Gasteiger partial charge in [0.2, 0.25) is 0 Å². The van der Waals surface area contributed by atoms with Crippen LogP contribution in [0.25, 0.3) is 0 Å². The summed E-state index contributed by atoms with van der Waals surface area (Å²) in [6.07, 6.45) is 0.882. The van der Waals surface area contributed by atoms with Crippen molar-refractivity contribution in [2.24, 2.45) is 11.7 Å². The molecule has 0 amide bonds. The van der Waals surface area contributed by atoms with Crippen LogP contribution in [0.2, 0.25) is 0 Å². The van der Waals surface area contributed by atoms with Crippen LogP contribution >= 0.6 is 0 Å². The first kappa shape index (κ1) is 13.9. The monoisotopic (exact) mass is 249 g/mol. The third kappa shape index (κ3) is 3.16. The molecule has 1 heterocycles. The van der Waals surface area contributed by atoms with E-state index in [9.17, 15) is 8.42 Å². The second-order valence-electron chi connectivity index (χ2n) is 5.54. The maximum absolute atomic E-state index is 12.1. The molecule has 6 heteroatoms. The van der Waals surface area contributed by atoms with Crippen LogP contribution < -0.4 is 10.5 Å². The summed E-state index contributed by atoms with van der Waals surface area (Å²) in [5.41, 5.74) is 5.19. The molecule has 1 rings (SSSR count). The molecule has 0 radical (unpaired) electrons. The molecule has 1 fully saturated rings. The molecule has 0 aromatic heterocycles. The minimum Gasteiger partial charge on any atom is -0.329 e. The van der Waals surface area contributed by atoms with Crippen molar-refractivity contribution in [3.8, 4) is 0 Å². The molecule has 0 aromatic carbocycles. The lowest BCUT2D eigenvalue weighted by molar-refractivity contribution is 0.340. The summed E-state index contributed by atoms with van der Waals surface area (Å²) in [5, 5.41) is 0. The number of hydrogen-bond donors (Lipinski definition) is 2. The molecular weight excluding hydrogens is 226 g/mol. The van der Waals surface area contributed by atoms with Gasteiger partial charge in [-0.15, -0.1) is 0 Å². The van der Waals surface area contributed by atoms with E-state index < -0.39 is 15.7 Å². The highest BCUT2D eigenvalue weighted by molar-refractivity contribution is 7.87. The fourth-order valence-corrected chi connectivity index (χ4v) is 3.95. The fraction of sp³-hybridized carbons (Fsp3) is 1.00. The average Bonchev–Trinajstić information content (AvgIpc) is 2.42. The Morgan fingerprint density at radius 1 is 1.44 bits per heavy atom. The van der Waals surface area contributed by atoms with E-state index in [4.69, 9.17) is 5.73 Å². The second-order valence-corrected chi connectivity index (χ2v) is 7.16. The average molecular weight is 249 g/mol. The van der Waals surface area contributed by atoms with Crippen LogP contribution in [0.4, 0.5) is 0 Å². The molecule has 16 heavy (non-hydrogen) atoms. The maximum Gasteiger partial charge on any atom is 0.280 e. The smallest absolute Gasteiger partial charge is 0.280 e. The Balaban J connectivity index is 2.84. The van der Waals surface area contributed by atoms with Crippen molar-refractivity contribution in [1.82, 2.24) is 9.03 Å². The van der Waals surface area contributed by atoms with Gasteiger partial charge in [-0.05, 0) is 33.1 Å². The molecule has 1 aliphatic heterocycles. The van der Waals surface area contributed by atoms with E-state index >= 15 is 0 Å². The predicted molar refractivity (Wildman–Crippen MR) is 65.1 cm³/mol. The molecule has 0 aromatic rings. The third-order valence-electron chi connectivity index (χ3n) is 2.82. The predicted octanol–water partition coefficient (Wildman–Crippen LogP) is 0.288. The van der Waals surface area contributed by atoms with Gasteiger partial charge in [0.1, 0.15) is 0 Å². The van der Waals surface area contributed by atoms with E-state index in [0.29, 0.717) is 19.0 Å². The van der Waals surface area contributed by atoms with Crippen LogP contribution in [-0.4, -0.2) is 37.4 Å². The van der Waals surface area contributed by atoms with Gasteiger partial charge in [-0.3, -0.25) is 0 Å². The van der Waals surface area contributed by atoms with Crippen molar-refractivity contribution in [2.75, 3.05) is 13.1 Å². The molecule has 0 aliphatic carbocycles. The molecule has 0 saturated carbocycles. The van der Waals surface area contributed by atoms with Gasteiger partial charge in [0.15, 0.2) is 0 Å². The molecule has 5 nitrogen and oxygen atoms in total. The largest absolute Gasteiger partial charge is 0.329 e. The van der Waals surface area contributed by atoms with E-state index in [1.807, 2.05) is 27.7 Å². The van der Waals surface area contributed by atoms with E-state index in [0.717, 1.165) is 6.42 Å². The molecule has 1 aliphatic rings. The number of hydrogen-bond acceptors (Lipinski definition) is 3. The summed E-state index contributed by atoms with van der Waals surface area (Å²) in [7, 11) is -3.41. The number of nitrogens with two attached hydrogens (primary N) is 1. The lowest BCUT2D eigenvalue weighted by Crippen LogP contribution is -2.52. The van der Waals surface area contributed by atoms with Gasteiger partial charge in [-0.1, -0.05) is 6.92 Å². The Bertz CT molecular complexity index is 334. The standard InChI is InChI=1S/C10H23N3O2S/c1-8-5-6-13(9(8)7-11)16(14,15)12-10(2,3)4/h8-9,12H,5-7,11H2,1-4H3. The SMILES string of the molecule is CC1CCN(S(=O)(=O)NC(C)(C)C)C1CN. The van der Waals surface area contributed by atoms with Gasteiger partial charge in [0.05, 0.1) is 0 Å². The fourth-order valence-electron chi connectivity index (χ4n) is 2.07. The van der Waals surface area contributed by atoms with E-state index in [1.54, 1.807) is 0 Å². The third-order valence-corrected chi connectivity index (χ3v) is 4.76. The Hall–Kier alpha value is -0.170. The van der Waals surface area contributed by atoms with Crippen LogP contribution in [0.5, 0.6) is 0 Å². The summed E-state index contributed by atoms with van der Waals surface area (Å²) in [5.74, 6) is 0.335. The van der Waals surface area contributed by atoms with Gasteiger partial charge in [-0.25, -0.2) is 0 Å². The summed E-state index contributed by atoms with van der Waals surface area (Å²) < 4.78 is 28.4. The lowest BCUT2D eigenvalue weighted by atomic mass is 10.0. The first-order chi connectivity index (χ1) is 7.17. The van der Waals surface area contributed by atoms with Crippen molar-refractivity contribution in [3.63, 3.8) is 0 Å². The van der Waals surface area contributed by atoms with Crippen LogP contribution in [0.1, 0.15) is 34.1 Å². The lowest BCUT2D eigenvalue weighted by Gasteiger charge is -2.29. The zero-order chi connectivity index (χ0) is 12.6. The first-order valence-electron chi connectivity index (χ1n) is 5.68. The van der Waals surface area contributed by atoms with Crippen LogP contribution in [0, 0.1) is 5.92 Å². The minimum absolute atomic E-state index is 0.0696. The number of rotatable bonds is 3. The Labute approximate surface area is 98.6 Å². The zero-order valence-corrected chi connectivity index (χ0v) is 11.3. The van der Waals surface area contributed by atoms with Crippen molar-refractivity contribution < 1.29 is 8.42 Å². The van der Waals surface area contributed by atoms with Gasteiger partial charge < -0.3 is 5.73 Å². The molecule has 2 unspecified atom stereocenters. The van der Waals surface area contributed by atoms with Crippen LogP contribution in [0.3, 0.4) is 0 Å². The Morgan fingerprint density at radius 3 is 2.44 bits per heavy atom. The minimum atomic E-state index is -3.41. The van der Waals surface area contributed by atoms with E-state index in [1.165, 1.54) is 4.31 Å². The molecule has 96 valence electrons. The second kappa shape index (κ2) is 4.60. The van der Waals surface area contributed by atoms with E-state index in [2.05, 4.69) is 4.72 Å². The molecular formula is C10H23N3O2S. The van der Waals surface area contributed by atoms with Crippen molar-refractivity contribution in [3.05, 3.63) is 0 Å². The number of nitrogens with zero attached hydrogens (tertiary/aromatic N) is 1. The number of nitrogens with one attached hydrogen (secondary N) is 1. The topological polar surface area (TPSA) is 75.4 Å². The summed E-state index contributed by atoms with van der Waals surface area (Å²) in [4.78, 5) is 0. The first-order valence-corrected chi connectivity index (χ1v) is 7.12. The molecule has 0 spiro atoms. The zero-order valence-electron chi connectivity index (χ0n) is 10.5. The Kier molecular flexibility index (Phi) is 3.99. The highest BCUT2D eigenvalue weighted by Crippen LogP contribution is 2.25. The van der Waals surface area contributed by atoms with Gasteiger partial charge in [0, 0.05) is 24.7 Å². The molecule has 3 N–H and O–H groups in total. The van der Waals surface area contributed by atoms with Crippen molar-refractivity contribution in [1.29, 1.82) is 0 Å². The summed E-state index contributed by atoms with van der Waals surface area (Å²) in [6.45, 7) is 8.50. The maximum atomic E-state index is 12.1. The van der Waals surface area contributed by atoms with E-state index in [-0.39, 0.29) is 6.04 Å². The van der Waals surface area contributed by atoms with Gasteiger partial charge in [-0.2, -0.15) is 17.4 Å². The quantitative estimate of drug-likeness (QED) is 0.755. The summed E-state index contributed by atoms with van der Waals surface area (Å²) >= 11 is 0. The molecule has 2 atom stereocenters. The Morgan fingerprint density at radius 2 is 2.00 bits per heavy atom. The highest BCUT2D eigenvalue weighted by atomic mass is 32.2. The highest BCUT2D eigenvalue weighted by Gasteiger charge is 2.39. The normalized spacial score (nSPS) is 28.6. The van der Waals surface area contributed by atoms with Crippen LogP contribution in [-0.2, 0) is 10.2 Å². The molecule has 1 saturated heterocycles.